The van der Waals surface area contributed by atoms with Crippen LogP contribution in [0.5, 0.6) is 0 Å². The van der Waals surface area contributed by atoms with E-state index in [1.54, 1.807) is 29.2 Å². The Kier molecular flexibility index (Phi) is 5.18. The van der Waals surface area contributed by atoms with E-state index in [0.717, 1.165) is 5.69 Å². The molecule has 1 amide bonds. The van der Waals surface area contributed by atoms with Crippen LogP contribution in [0.3, 0.4) is 0 Å². The van der Waals surface area contributed by atoms with Crippen molar-refractivity contribution in [2.75, 3.05) is 17.4 Å². The molecule has 0 N–H and O–H groups in total. The number of non-ortho nitro benzene ring substituents is 1. The fraction of sp³-hybridized carbons (Fsp3) is 0.200. The molecule has 0 bridgehead atoms. The predicted molar refractivity (Wildman–Crippen MR) is 111 cm³/mol. The lowest BCUT2D eigenvalue weighted by Gasteiger charge is -2.42. The summed E-state index contributed by atoms with van der Waals surface area (Å²) in [5.74, 6) is -0.0111. The number of benzene rings is 2. The van der Waals surface area contributed by atoms with Gasteiger partial charge >= 0.3 is 0 Å². The zero-order chi connectivity index (χ0) is 20.5. The standard InChI is InChI=1S/C20H15ClN4O3S/c21-14-4-6-15(7-5-14)23-11-24-19(26)9-17(18(10-22)20(24)29-12-23)13-2-1-3-16(8-13)25(27)28/h1-8,17H,9,11-12H2/t17-/m1/s1. The van der Waals surface area contributed by atoms with Gasteiger partial charge in [0.25, 0.3) is 5.69 Å². The zero-order valence-corrected chi connectivity index (χ0v) is 16.7. The van der Waals surface area contributed by atoms with Crippen molar-refractivity contribution < 1.29 is 9.72 Å². The van der Waals surface area contributed by atoms with Gasteiger partial charge < -0.3 is 4.90 Å². The Bertz CT molecular complexity index is 1060. The summed E-state index contributed by atoms with van der Waals surface area (Å²) >= 11 is 7.37. The molecular weight excluding hydrogens is 412 g/mol. The number of anilines is 1. The number of carbonyl (C=O) groups excluding carboxylic acids is 1. The Hall–Kier alpha value is -3.02. The summed E-state index contributed by atoms with van der Waals surface area (Å²) in [4.78, 5) is 27.2. The monoisotopic (exact) mass is 426 g/mol. The Labute approximate surface area is 176 Å². The molecule has 1 atom stereocenters. The van der Waals surface area contributed by atoms with Gasteiger partial charge in [-0.3, -0.25) is 19.8 Å². The first-order valence-corrected chi connectivity index (χ1v) is 10.2. The lowest BCUT2D eigenvalue weighted by Crippen LogP contribution is -2.47. The third-order valence-corrected chi connectivity index (χ3v) is 6.38. The second kappa shape index (κ2) is 7.78. The number of rotatable bonds is 3. The van der Waals surface area contributed by atoms with Crippen molar-refractivity contribution in [3.05, 3.63) is 79.8 Å². The van der Waals surface area contributed by atoms with E-state index in [0.29, 0.717) is 33.7 Å². The van der Waals surface area contributed by atoms with Crippen molar-refractivity contribution in [3.63, 3.8) is 0 Å². The molecule has 2 aliphatic heterocycles. The molecule has 2 aromatic rings. The van der Waals surface area contributed by atoms with Gasteiger partial charge in [0, 0.05) is 35.2 Å². The van der Waals surface area contributed by atoms with Gasteiger partial charge in [0.1, 0.15) is 0 Å². The molecule has 0 aromatic heterocycles. The fourth-order valence-corrected chi connectivity index (χ4v) is 4.81. The molecule has 0 aliphatic carbocycles. The summed E-state index contributed by atoms with van der Waals surface area (Å²) in [6, 6.07) is 15.8. The number of hydrogen-bond acceptors (Lipinski definition) is 6. The second-order valence-corrected chi connectivity index (χ2v) is 8.06. The molecule has 29 heavy (non-hydrogen) atoms. The highest BCUT2D eigenvalue weighted by Crippen LogP contribution is 2.43. The Morgan fingerprint density at radius 2 is 2.00 bits per heavy atom. The van der Waals surface area contributed by atoms with Gasteiger partial charge in [-0.05, 0) is 29.8 Å². The van der Waals surface area contributed by atoms with E-state index in [-0.39, 0.29) is 18.0 Å². The van der Waals surface area contributed by atoms with Gasteiger partial charge in [-0.15, -0.1) is 0 Å². The molecule has 2 aliphatic rings. The molecule has 0 spiro atoms. The molecule has 146 valence electrons. The molecular formula is C20H15ClN4O3S. The highest BCUT2D eigenvalue weighted by molar-refractivity contribution is 8.03. The van der Waals surface area contributed by atoms with E-state index in [1.807, 2.05) is 17.0 Å². The number of halogens is 1. The number of allylic oxidation sites excluding steroid dienone is 1. The van der Waals surface area contributed by atoms with Crippen LogP contribution in [0.4, 0.5) is 11.4 Å². The van der Waals surface area contributed by atoms with Gasteiger partial charge in [-0.1, -0.05) is 35.5 Å². The summed E-state index contributed by atoms with van der Waals surface area (Å²) in [7, 11) is 0. The first kappa shape index (κ1) is 19.3. The summed E-state index contributed by atoms with van der Waals surface area (Å²) < 4.78 is 0. The number of amides is 1. The maximum atomic E-state index is 12.9. The summed E-state index contributed by atoms with van der Waals surface area (Å²) in [5.41, 5.74) is 1.97. The molecule has 1 fully saturated rings. The van der Waals surface area contributed by atoms with Crippen LogP contribution in [0.25, 0.3) is 0 Å². The van der Waals surface area contributed by atoms with Crippen molar-refractivity contribution in [1.82, 2.24) is 4.90 Å². The van der Waals surface area contributed by atoms with E-state index in [9.17, 15) is 20.2 Å². The molecule has 1 saturated heterocycles. The molecule has 0 saturated carbocycles. The van der Waals surface area contributed by atoms with Crippen LogP contribution in [-0.2, 0) is 4.79 Å². The fourth-order valence-electron chi connectivity index (χ4n) is 3.52. The van der Waals surface area contributed by atoms with Gasteiger partial charge in [-0.25, -0.2) is 0 Å². The number of fused-ring (bicyclic) bond motifs is 1. The second-order valence-electron chi connectivity index (χ2n) is 6.69. The van der Waals surface area contributed by atoms with Gasteiger partial charge in [-0.2, -0.15) is 5.26 Å². The first-order valence-electron chi connectivity index (χ1n) is 8.80. The molecule has 2 heterocycles. The Balaban J connectivity index is 1.67. The lowest BCUT2D eigenvalue weighted by molar-refractivity contribution is -0.384. The number of nitro benzene ring substituents is 1. The molecule has 9 heteroatoms. The third kappa shape index (κ3) is 3.67. The van der Waals surface area contributed by atoms with E-state index in [4.69, 9.17) is 11.6 Å². The maximum absolute atomic E-state index is 12.9. The maximum Gasteiger partial charge on any atom is 0.269 e. The number of nitriles is 1. The van der Waals surface area contributed by atoms with Crippen LogP contribution in [0.2, 0.25) is 5.02 Å². The van der Waals surface area contributed by atoms with E-state index >= 15 is 0 Å². The zero-order valence-electron chi connectivity index (χ0n) is 15.1. The minimum atomic E-state index is -0.478. The van der Waals surface area contributed by atoms with Crippen molar-refractivity contribution in [3.8, 4) is 6.07 Å². The minimum Gasteiger partial charge on any atom is -0.344 e. The number of carbonyl (C=O) groups is 1. The van der Waals surface area contributed by atoms with Gasteiger partial charge in [0.05, 0.1) is 34.1 Å². The Morgan fingerprint density at radius 1 is 1.24 bits per heavy atom. The number of nitro groups is 1. The lowest BCUT2D eigenvalue weighted by atomic mass is 9.86. The predicted octanol–water partition coefficient (Wildman–Crippen LogP) is 4.47. The molecule has 0 radical (unpaired) electrons. The van der Waals surface area contributed by atoms with Crippen LogP contribution in [0.1, 0.15) is 17.9 Å². The average molecular weight is 427 g/mol. The van der Waals surface area contributed by atoms with Crippen LogP contribution in [0, 0.1) is 21.4 Å². The average Bonchev–Trinajstić information content (AvgIpc) is 2.74. The minimum absolute atomic E-state index is 0.0510. The summed E-state index contributed by atoms with van der Waals surface area (Å²) in [5, 5.41) is 22.2. The van der Waals surface area contributed by atoms with E-state index in [1.165, 1.54) is 23.9 Å². The largest absolute Gasteiger partial charge is 0.344 e. The van der Waals surface area contributed by atoms with Crippen molar-refractivity contribution in [2.45, 2.75) is 12.3 Å². The normalized spacial score (nSPS) is 19.0. The van der Waals surface area contributed by atoms with Crippen LogP contribution in [0.15, 0.2) is 59.1 Å². The van der Waals surface area contributed by atoms with Crippen molar-refractivity contribution in [1.29, 1.82) is 5.26 Å². The highest BCUT2D eigenvalue weighted by Gasteiger charge is 2.38. The molecule has 7 nitrogen and oxygen atoms in total. The quantitative estimate of drug-likeness (QED) is 0.531. The van der Waals surface area contributed by atoms with Crippen molar-refractivity contribution >= 4 is 40.6 Å². The molecule has 4 rings (SSSR count). The Morgan fingerprint density at radius 3 is 2.69 bits per heavy atom. The molecule has 2 aromatic carbocycles. The van der Waals surface area contributed by atoms with E-state index < -0.39 is 10.8 Å². The summed E-state index contributed by atoms with van der Waals surface area (Å²) in [6.45, 7) is 0.343. The van der Waals surface area contributed by atoms with E-state index in [2.05, 4.69) is 6.07 Å². The van der Waals surface area contributed by atoms with Gasteiger partial charge in [0.2, 0.25) is 5.91 Å². The highest BCUT2D eigenvalue weighted by atomic mass is 35.5. The summed E-state index contributed by atoms with van der Waals surface area (Å²) in [6.07, 6.45) is 0.0998. The number of hydrogen-bond donors (Lipinski definition) is 0. The number of thioether (sulfide) groups is 1. The number of nitrogens with zero attached hydrogens (tertiary/aromatic N) is 4. The van der Waals surface area contributed by atoms with Crippen LogP contribution >= 0.6 is 23.4 Å². The SMILES string of the molecule is N#CC1=C2SCN(c3ccc(Cl)cc3)CN2C(=O)C[C@@H]1c1cccc([N+](=O)[O-])c1. The first-order chi connectivity index (χ1) is 14.0. The molecule has 0 unspecified atom stereocenters. The topological polar surface area (TPSA) is 90.5 Å². The van der Waals surface area contributed by atoms with Crippen LogP contribution in [-0.4, -0.2) is 28.3 Å². The smallest absolute Gasteiger partial charge is 0.269 e. The van der Waals surface area contributed by atoms with Crippen LogP contribution < -0.4 is 4.90 Å². The van der Waals surface area contributed by atoms with Gasteiger partial charge in [0.15, 0.2) is 0 Å². The van der Waals surface area contributed by atoms with Crippen molar-refractivity contribution in [2.24, 2.45) is 0 Å². The third-order valence-electron chi connectivity index (χ3n) is 4.97.